The molecule has 1 aromatic heterocycles. The number of carbonyl (C=O) groups is 2. The molecule has 2 aromatic carbocycles. The Hall–Kier alpha value is -3.60. The summed E-state index contributed by atoms with van der Waals surface area (Å²) in [5, 5.41) is 3.51. The Kier molecular flexibility index (Phi) is 3.69. The van der Waals surface area contributed by atoms with E-state index in [1.165, 1.54) is 0 Å². The lowest BCUT2D eigenvalue weighted by Gasteiger charge is -2.22. The maximum atomic E-state index is 13.2. The predicted octanol–water partition coefficient (Wildman–Crippen LogP) is 4.51. The van der Waals surface area contributed by atoms with E-state index in [1.807, 2.05) is 25.1 Å². The van der Waals surface area contributed by atoms with E-state index in [-0.39, 0.29) is 17.6 Å². The van der Waals surface area contributed by atoms with Crippen molar-refractivity contribution in [2.45, 2.75) is 19.4 Å². The number of hydrogen-bond donors (Lipinski definition) is 1. The third-order valence-electron chi connectivity index (χ3n) is 5.31. The number of aromatic nitrogens is 1. The molecule has 0 amide bonds. The van der Waals surface area contributed by atoms with Gasteiger partial charge in [-0.15, -0.1) is 0 Å². The molecule has 1 unspecified atom stereocenters. The normalized spacial score (nSPS) is 17.6. The summed E-state index contributed by atoms with van der Waals surface area (Å²) in [5.74, 6) is -0.279. The highest BCUT2D eigenvalue weighted by Crippen LogP contribution is 2.41. The van der Waals surface area contributed by atoms with Crippen LogP contribution < -0.4 is 5.32 Å². The first kappa shape index (κ1) is 16.6. The Labute approximate surface area is 162 Å². The summed E-state index contributed by atoms with van der Waals surface area (Å²) in [6.07, 6.45) is 4.23. The number of carbonyl (C=O) groups excluding carboxylic acids is 2. The van der Waals surface area contributed by atoms with Crippen LogP contribution >= 0.6 is 0 Å². The van der Waals surface area contributed by atoms with E-state index in [4.69, 9.17) is 4.99 Å². The Morgan fingerprint density at radius 2 is 1.61 bits per heavy atom. The number of pyridine rings is 1. The first-order valence-electron chi connectivity index (χ1n) is 9.19. The zero-order valence-electron chi connectivity index (χ0n) is 15.3. The van der Waals surface area contributed by atoms with E-state index in [2.05, 4.69) is 10.3 Å². The highest BCUT2D eigenvalue weighted by Gasteiger charge is 2.33. The lowest BCUT2D eigenvalue weighted by molar-refractivity contribution is 0.0979. The van der Waals surface area contributed by atoms with Crippen LogP contribution in [0.5, 0.6) is 0 Å². The first-order valence-corrected chi connectivity index (χ1v) is 9.19. The third-order valence-corrected chi connectivity index (χ3v) is 5.31. The minimum absolute atomic E-state index is 0.0210. The molecule has 3 aromatic rings. The Bertz CT molecular complexity index is 1170. The van der Waals surface area contributed by atoms with Gasteiger partial charge in [0.1, 0.15) is 0 Å². The van der Waals surface area contributed by atoms with Gasteiger partial charge in [-0.3, -0.25) is 19.6 Å². The second kappa shape index (κ2) is 6.23. The van der Waals surface area contributed by atoms with Crippen molar-refractivity contribution in [2.24, 2.45) is 4.99 Å². The monoisotopic (exact) mass is 367 g/mol. The van der Waals surface area contributed by atoms with Crippen molar-refractivity contribution in [3.05, 3.63) is 88.7 Å². The van der Waals surface area contributed by atoms with E-state index in [0.717, 1.165) is 17.0 Å². The fraction of sp³-hybridized carbons (Fsp3) is 0.130. The molecule has 1 aliphatic carbocycles. The topological polar surface area (TPSA) is 71.4 Å². The summed E-state index contributed by atoms with van der Waals surface area (Å²) in [4.78, 5) is 35.0. The number of nitrogens with one attached hydrogen (secondary N) is 1. The number of hydrogen-bond acceptors (Lipinski definition) is 5. The first-order chi connectivity index (χ1) is 13.6. The lowest BCUT2D eigenvalue weighted by Crippen LogP contribution is -2.21. The van der Waals surface area contributed by atoms with Crippen LogP contribution in [0.1, 0.15) is 56.8 Å². The number of aliphatic imine (C=N–C) groups is 1. The van der Waals surface area contributed by atoms with Crippen LogP contribution in [0, 0.1) is 0 Å². The van der Waals surface area contributed by atoms with Gasteiger partial charge in [-0.2, -0.15) is 0 Å². The van der Waals surface area contributed by atoms with Crippen LogP contribution in [0.3, 0.4) is 0 Å². The molecule has 0 radical (unpaired) electrons. The highest BCUT2D eigenvalue weighted by atomic mass is 16.1. The molecule has 0 fully saturated rings. The molecule has 1 N–H and O–H groups in total. The number of nitrogens with zero attached hydrogens (tertiary/aromatic N) is 2. The highest BCUT2D eigenvalue weighted by molar-refractivity contribution is 6.30. The second-order valence-corrected chi connectivity index (χ2v) is 7.12. The molecule has 2 heterocycles. The number of ketones is 2. The summed E-state index contributed by atoms with van der Waals surface area (Å²) in [6.45, 7) is 1.95. The zero-order chi connectivity index (χ0) is 19.3. The van der Waals surface area contributed by atoms with Crippen molar-refractivity contribution in [2.75, 3.05) is 5.32 Å². The van der Waals surface area contributed by atoms with E-state index in [0.29, 0.717) is 34.4 Å². The summed E-state index contributed by atoms with van der Waals surface area (Å²) in [5.41, 5.74) is 5.03. The number of benzene rings is 2. The van der Waals surface area contributed by atoms with Gasteiger partial charge in [-0.05, 0) is 36.8 Å². The fourth-order valence-electron chi connectivity index (χ4n) is 3.97. The molecule has 1 atom stereocenters. The zero-order valence-corrected chi connectivity index (χ0v) is 15.3. The van der Waals surface area contributed by atoms with E-state index in [1.54, 1.807) is 42.7 Å². The van der Waals surface area contributed by atoms with Crippen molar-refractivity contribution >= 4 is 28.7 Å². The Morgan fingerprint density at radius 1 is 0.893 bits per heavy atom. The lowest BCUT2D eigenvalue weighted by atomic mass is 9.83. The third kappa shape index (κ3) is 2.47. The average molecular weight is 367 g/mol. The summed E-state index contributed by atoms with van der Waals surface area (Å²) < 4.78 is 0. The molecule has 136 valence electrons. The molecule has 5 rings (SSSR count). The van der Waals surface area contributed by atoms with Gasteiger partial charge in [-0.1, -0.05) is 24.3 Å². The van der Waals surface area contributed by atoms with Gasteiger partial charge >= 0.3 is 0 Å². The average Bonchev–Trinajstić information content (AvgIpc) is 2.90. The van der Waals surface area contributed by atoms with Gasteiger partial charge in [0, 0.05) is 41.2 Å². The van der Waals surface area contributed by atoms with E-state index >= 15 is 0 Å². The minimum atomic E-state index is -0.150. The smallest absolute Gasteiger partial charge is 0.196 e. The Balaban J connectivity index is 1.68. The quantitative estimate of drug-likeness (QED) is 0.537. The van der Waals surface area contributed by atoms with Crippen LogP contribution in [-0.2, 0) is 0 Å². The van der Waals surface area contributed by atoms with Crippen molar-refractivity contribution in [3.8, 4) is 0 Å². The van der Waals surface area contributed by atoms with Crippen molar-refractivity contribution in [1.29, 1.82) is 0 Å². The molecule has 5 nitrogen and oxygen atoms in total. The van der Waals surface area contributed by atoms with Crippen molar-refractivity contribution < 1.29 is 9.59 Å². The van der Waals surface area contributed by atoms with Gasteiger partial charge in [0.15, 0.2) is 11.6 Å². The molecular formula is C23H17N3O2. The maximum Gasteiger partial charge on any atom is 0.196 e. The molecule has 0 saturated carbocycles. The van der Waals surface area contributed by atoms with Gasteiger partial charge in [0.05, 0.1) is 23.0 Å². The summed E-state index contributed by atoms with van der Waals surface area (Å²) >= 11 is 0. The van der Waals surface area contributed by atoms with Gasteiger partial charge < -0.3 is 5.32 Å². The van der Waals surface area contributed by atoms with E-state index < -0.39 is 0 Å². The second-order valence-electron chi connectivity index (χ2n) is 7.12. The molecular weight excluding hydrogens is 350 g/mol. The van der Waals surface area contributed by atoms with Crippen LogP contribution in [0.2, 0.25) is 0 Å². The molecule has 5 heteroatoms. The molecule has 0 spiro atoms. The standard InChI is InChI=1S/C23H17N3O2/c1-13-12-19(14-8-10-24-11-9-14)26-18-7-6-17-20(21(18)25-13)23(28)16-5-3-2-4-15(16)22(17)27/h2-11,19,26H,12H2,1H3. The molecule has 0 bridgehead atoms. The fourth-order valence-corrected chi connectivity index (χ4v) is 3.97. The predicted molar refractivity (Wildman–Crippen MR) is 108 cm³/mol. The number of fused-ring (bicyclic) bond motifs is 4. The van der Waals surface area contributed by atoms with Crippen LogP contribution in [0.4, 0.5) is 11.4 Å². The number of rotatable bonds is 1. The van der Waals surface area contributed by atoms with Crippen LogP contribution in [0.15, 0.2) is 65.9 Å². The van der Waals surface area contributed by atoms with Crippen LogP contribution in [-0.4, -0.2) is 22.3 Å². The number of anilines is 1. The van der Waals surface area contributed by atoms with Gasteiger partial charge in [0.25, 0.3) is 0 Å². The molecule has 28 heavy (non-hydrogen) atoms. The van der Waals surface area contributed by atoms with Crippen molar-refractivity contribution in [1.82, 2.24) is 4.98 Å². The van der Waals surface area contributed by atoms with Gasteiger partial charge in [0.2, 0.25) is 0 Å². The SMILES string of the molecule is CC1=Nc2c(ccc3c2C(=O)c2ccccc2C3=O)NC(c2ccncc2)C1. The van der Waals surface area contributed by atoms with E-state index in [9.17, 15) is 9.59 Å². The molecule has 1 aliphatic heterocycles. The Morgan fingerprint density at radius 3 is 2.36 bits per heavy atom. The van der Waals surface area contributed by atoms with Crippen LogP contribution in [0.25, 0.3) is 0 Å². The summed E-state index contributed by atoms with van der Waals surface area (Å²) in [7, 11) is 0. The molecule has 0 saturated heterocycles. The largest absolute Gasteiger partial charge is 0.376 e. The van der Waals surface area contributed by atoms with Crippen molar-refractivity contribution in [3.63, 3.8) is 0 Å². The maximum absolute atomic E-state index is 13.2. The van der Waals surface area contributed by atoms with Gasteiger partial charge in [-0.25, -0.2) is 0 Å². The minimum Gasteiger partial charge on any atom is -0.376 e. The molecule has 2 aliphatic rings. The summed E-state index contributed by atoms with van der Waals surface area (Å²) in [6, 6.07) is 14.5.